The lowest BCUT2D eigenvalue weighted by Crippen LogP contribution is -2.47. The first-order valence-electron chi connectivity index (χ1n) is 13.2. The van der Waals surface area contributed by atoms with Crippen LogP contribution in [0.15, 0.2) is 54.9 Å². The zero-order chi connectivity index (χ0) is 30.0. The molecule has 0 fully saturated rings. The average Bonchev–Trinajstić information content (AvgIpc) is 3.31. The predicted octanol–water partition coefficient (Wildman–Crippen LogP) is 3.29. The molecule has 1 aliphatic rings. The smallest absolute Gasteiger partial charge is 0.255 e. The number of aryl methyl sites for hydroxylation is 1. The van der Waals surface area contributed by atoms with Crippen LogP contribution in [0.25, 0.3) is 11.3 Å². The van der Waals surface area contributed by atoms with Gasteiger partial charge in [-0.05, 0) is 43.7 Å². The maximum atomic E-state index is 13.5. The number of aromatic nitrogens is 5. The number of rotatable bonds is 9. The summed E-state index contributed by atoms with van der Waals surface area (Å²) in [6, 6.07) is 11.0. The third-order valence-electron chi connectivity index (χ3n) is 6.89. The fourth-order valence-electron chi connectivity index (χ4n) is 4.58. The van der Waals surface area contributed by atoms with Gasteiger partial charge in [-0.2, -0.15) is 0 Å². The van der Waals surface area contributed by atoms with Crippen LogP contribution in [0, 0.1) is 6.92 Å². The van der Waals surface area contributed by atoms with Gasteiger partial charge in [-0.1, -0.05) is 29.8 Å². The maximum absolute atomic E-state index is 13.5. The van der Waals surface area contributed by atoms with Crippen molar-refractivity contribution in [2.24, 2.45) is 0 Å². The third kappa shape index (κ3) is 5.99. The summed E-state index contributed by atoms with van der Waals surface area (Å²) < 4.78 is 0. The molecule has 0 radical (unpaired) electrons. The zero-order valence-electron chi connectivity index (χ0n) is 23.5. The quantitative estimate of drug-likeness (QED) is 0.266. The summed E-state index contributed by atoms with van der Waals surface area (Å²) in [6.07, 6.45) is 3.11. The van der Waals surface area contributed by atoms with Gasteiger partial charge in [0.15, 0.2) is 0 Å². The van der Waals surface area contributed by atoms with E-state index in [2.05, 4.69) is 35.6 Å². The first kappa shape index (κ1) is 28.8. The van der Waals surface area contributed by atoms with Crippen LogP contribution in [0.2, 0.25) is 5.02 Å². The first-order chi connectivity index (χ1) is 20.1. The van der Waals surface area contributed by atoms with E-state index < -0.39 is 18.0 Å². The van der Waals surface area contributed by atoms with Crippen LogP contribution >= 0.6 is 11.6 Å². The van der Waals surface area contributed by atoms with E-state index in [0.29, 0.717) is 45.0 Å². The topological polar surface area (TPSA) is 149 Å². The lowest BCUT2D eigenvalue weighted by Gasteiger charge is -2.26. The van der Waals surface area contributed by atoms with Gasteiger partial charge >= 0.3 is 0 Å². The number of pyridine rings is 1. The number of amides is 2. The Hall–Kier alpha value is -4.68. The zero-order valence-corrected chi connectivity index (χ0v) is 24.3. The van der Waals surface area contributed by atoms with Crippen molar-refractivity contribution < 1.29 is 14.7 Å². The fraction of sp³-hybridized carbons (Fsp3) is 0.276. The molecule has 0 saturated carbocycles. The predicted molar refractivity (Wildman–Crippen MR) is 158 cm³/mol. The molecule has 42 heavy (non-hydrogen) atoms. The number of aliphatic hydroxyl groups is 1. The van der Waals surface area contributed by atoms with Gasteiger partial charge in [-0.3, -0.25) is 9.59 Å². The molecular weight excluding hydrogens is 558 g/mol. The highest BCUT2D eigenvalue weighted by atomic mass is 35.5. The molecule has 5 rings (SSSR count). The van der Waals surface area contributed by atoms with Crippen molar-refractivity contribution >= 4 is 41.0 Å². The van der Waals surface area contributed by atoms with Gasteiger partial charge in [0.25, 0.3) is 5.91 Å². The Morgan fingerprint density at radius 3 is 2.69 bits per heavy atom. The Bertz CT molecular complexity index is 1650. The largest absolute Gasteiger partial charge is 0.394 e. The summed E-state index contributed by atoms with van der Waals surface area (Å²) in [5.41, 5.74) is 2.83. The number of anilines is 3. The highest BCUT2D eigenvalue weighted by Gasteiger charge is 2.35. The number of carbonyl (C=O) groups is 2. The molecule has 0 bridgehead atoms. The fourth-order valence-corrected chi connectivity index (χ4v) is 4.78. The van der Waals surface area contributed by atoms with Gasteiger partial charge in [-0.15, -0.1) is 0 Å². The van der Waals surface area contributed by atoms with Gasteiger partial charge in [0.05, 0.1) is 35.3 Å². The van der Waals surface area contributed by atoms with E-state index in [0.717, 1.165) is 5.56 Å². The molecule has 2 atom stereocenters. The molecule has 13 heteroatoms. The molecule has 1 aliphatic heterocycles. The summed E-state index contributed by atoms with van der Waals surface area (Å²) in [5, 5.41) is 16.2. The lowest BCUT2D eigenvalue weighted by molar-refractivity contribution is -0.126. The summed E-state index contributed by atoms with van der Waals surface area (Å²) >= 11 is 6.45. The molecule has 2 amide bonds. The van der Waals surface area contributed by atoms with Crippen molar-refractivity contribution in [1.29, 1.82) is 0 Å². The molecule has 3 N–H and O–H groups in total. The molecule has 0 spiro atoms. The van der Waals surface area contributed by atoms with Crippen molar-refractivity contribution in [2.45, 2.75) is 32.5 Å². The van der Waals surface area contributed by atoms with Gasteiger partial charge in [-0.25, -0.2) is 24.9 Å². The molecule has 4 aromatic rings. The Balaban J connectivity index is 1.32. The van der Waals surface area contributed by atoms with E-state index in [-0.39, 0.29) is 25.0 Å². The van der Waals surface area contributed by atoms with Crippen LogP contribution in [0.3, 0.4) is 0 Å². The van der Waals surface area contributed by atoms with E-state index in [1.165, 1.54) is 11.1 Å². The Morgan fingerprint density at radius 2 is 1.95 bits per heavy atom. The number of carbonyl (C=O) groups excluding carboxylic acids is 2. The molecule has 0 saturated heterocycles. The van der Waals surface area contributed by atoms with Gasteiger partial charge in [0, 0.05) is 38.0 Å². The van der Waals surface area contributed by atoms with Gasteiger partial charge in [0.2, 0.25) is 11.9 Å². The Morgan fingerprint density at radius 1 is 1.14 bits per heavy atom. The summed E-state index contributed by atoms with van der Waals surface area (Å²) in [6.45, 7) is 3.36. The molecule has 3 aromatic heterocycles. The second kappa shape index (κ2) is 12.0. The van der Waals surface area contributed by atoms with Crippen molar-refractivity contribution in [3.63, 3.8) is 0 Å². The molecule has 12 nitrogen and oxygen atoms in total. The van der Waals surface area contributed by atoms with E-state index in [1.54, 1.807) is 38.2 Å². The maximum Gasteiger partial charge on any atom is 0.255 e. The highest BCUT2D eigenvalue weighted by molar-refractivity contribution is 6.33. The molecule has 1 unspecified atom stereocenters. The number of nitrogens with zero attached hydrogens (tertiary/aromatic N) is 7. The van der Waals surface area contributed by atoms with Crippen LogP contribution in [0.5, 0.6) is 0 Å². The van der Waals surface area contributed by atoms with E-state index in [4.69, 9.17) is 11.6 Å². The number of fused-ring (bicyclic) bond motifs is 1. The second-order valence-corrected chi connectivity index (χ2v) is 10.5. The standard InChI is InChI=1S/C29H30ClN9O3/c1-16(27(41)35-23(15-40)22-6-5-7-25(34-22)38(3)4)39-14-19-9-8-18(12-20(19)28(39)42)26-21(30)13-32-29(37-26)36-24-10-11-31-17(2)33-24/h5-13,16,23,40H,14-15H2,1-4H3,(H,35,41)(H,31,32,33,36,37)/t16?,23-/m1/s1. The number of hydrogen-bond donors (Lipinski definition) is 3. The summed E-state index contributed by atoms with van der Waals surface area (Å²) in [7, 11) is 3.72. The van der Waals surface area contributed by atoms with E-state index in [9.17, 15) is 14.7 Å². The number of hydrogen-bond acceptors (Lipinski definition) is 10. The average molecular weight is 588 g/mol. The van der Waals surface area contributed by atoms with E-state index >= 15 is 0 Å². The van der Waals surface area contributed by atoms with Crippen molar-refractivity contribution in [1.82, 2.24) is 35.1 Å². The second-order valence-electron chi connectivity index (χ2n) is 10.0. The van der Waals surface area contributed by atoms with Crippen LogP contribution in [0.1, 0.15) is 40.4 Å². The van der Waals surface area contributed by atoms with Crippen molar-refractivity contribution in [2.75, 3.05) is 30.9 Å². The molecule has 1 aromatic carbocycles. The number of nitrogens with one attached hydrogen (secondary N) is 2. The van der Waals surface area contributed by atoms with E-state index in [1.807, 2.05) is 43.3 Å². The van der Waals surface area contributed by atoms with Crippen molar-refractivity contribution in [3.8, 4) is 11.3 Å². The lowest BCUT2D eigenvalue weighted by atomic mass is 10.0. The molecule has 4 heterocycles. The monoisotopic (exact) mass is 587 g/mol. The molecular formula is C29H30ClN9O3. The van der Waals surface area contributed by atoms with Gasteiger partial charge in [0.1, 0.15) is 23.5 Å². The molecule has 0 aliphatic carbocycles. The molecule has 216 valence electrons. The van der Waals surface area contributed by atoms with Crippen LogP contribution in [-0.4, -0.2) is 73.5 Å². The number of benzene rings is 1. The minimum atomic E-state index is -0.797. The first-order valence-corrected chi connectivity index (χ1v) is 13.6. The highest BCUT2D eigenvalue weighted by Crippen LogP contribution is 2.32. The third-order valence-corrected chi connectivity index (χ3v) is 7.17. The minimum Gasteiger partial charge on any atom is -0.394 e. The summed E-state index contributed by atoms with van der Waals surface area (Å²) in [4.78, 5) is 51.7. The minimum absolute atomic E-state index is 0.262. The SMILES string of the molecule is Cc1nccc(Nc2ncc(Cl)c(-c3ccc4c(c3)C(=O)N(C(C)C(=O)N[C@H](CO)c3cccc(N(C)C)n3)C4)n2)n1. The Kier molecular flexibility index (Phi) is 8.27. The number of halogens is 1. The summed E-state index contributed by atoms with van der Waals surface area (Å²) in [5.74, 6) is 1.43. The van der Waals surface area contributed by atoms with Crippen LogP contribution in [0.4, 0.5) is 17.6 Å². The number of aliphatic hydroxyl groups excluding tert-OH is 1. The van der Waals surface area contributed by atoms with Crippen LogP contribution < -0.4 is 15.5 Å². The van der Waals surface area contributed by atoms with Crippen LogP contribution in [-0.2, 0) is 11.3 Å². The van der Waals surface area contributed by atoms with Crippen molar-refractivity contribution in [3.05, 3.63) is 82.5 Å². The Labute approximate surface area is 247 Å². The normalized spacial score (nSPS) is 13.9. The van der Waals surface area contributed by atoms with Gasteiger partial charge < -0.3 is 25.5 Å².